The Hall–Kier alpha value is -3.35. The van der Waals surface area contributed by atoms with Gasteiger partial charge in [-0.2, -0.15) is 0 Å². The molecule has 0 atom stereocenters. The van der Waals surface area contributed by atoms with Gasteiger partial charge in [0.25, 0.3) is 5.91 Å². The fourth-order valence-corrected chi connectivity index (χ4v) is 3.41. The average molecular weight is 379 g/mol. The van der Waals surface area contributed by atoms with E-state index in [9.17, 15) is 4.79 Å². The van der Waals surface area contributed by atoms with Crippen molar-refractivity contribution in [2.24, 2.45) is 0 Å². The maximum atomic E-state index is 12.6. The van der Waals surface area contributed by atoms with Crippen LogP contribution in [0.3, 0.4) is 0 Å². The molecule has 0 spiro atoms. The highest BCUT2D eigenvalue weighted by molar-refractivity contribution is 5.99. The fourth-order valence-electron chi connectivity index (χ4n) is 3.41. The molecule has 28 heavy (non-hydrogen) atoms. The second-order valence-corrected chi connectivity index (χ2v) is 6.80. The molecule has 0 fully saturated rings. The second kappa shape index (κ2) is 6.99. The zero-order valence-electron chi connectivity index (χ0n) is 16.3. The Morgan fingerprint density at radius 1 is 1.21 bits per heavy atom. The van der Waals surface area contributed by atoms with Crippen LogP contribution in [-0.4, -0.2) is 29.8 Å². The average Bonchev–Trinajstić information content (AvgIpc) is 3.03. The normalized spacial score (nSPS) is 13.3. The van der Waals surface area contributed by atoms with Gasteiger partial charge in [-0.25, -0.2) is 0 Å². The molecule has 0 aliphatic carbocycles. The molecule has 0 N–H and O–H groups in total. The van der Waals surface area contributed by atoms with E-state index in [2.05, 4.69) is 10.1 Å². The molecule has 144 valence electrons. The van der Waals surface area contributed by atoms with Gasteiger partial charge in [-0.1, -0.05) is 11.2 Å². The smallest absolute Gasteiger partial charge is 0.265 e. The number of hydrogen-bond donors (Lipinski definition) is 0. The molecule has 2 aromatic heterocycles. The number of anilines is 1. The Morgan fingerprint density at radius 3 is 2.68 bits per heavy atom. The first-order valence-electron chi connectivity index (χ1n) is 8.98. The van der Waals surface area contributed by atoms with Crippen molar-refractivity contribution in [1.29, 1.82) is 0 Å². The minimum atomic E-state index is -0.111. The number of rotatable bonds is 4. The number of hydrogen-bond acceptors (Lipinski definition) is 6. The van der Waals surface area contributed by atoms with Gasteiger partial charge in [0.2, 0.25) is 0 Å². The number of fused-ring (bicyclic) bond motifs is 1. The highest BCUT2D eigenvalue weighted by Crippen LogP contribution is 2.44. The van der Waals surface area contributed by atoms with E-state index in [0.717, 1.165) is 28.1 Å². The van der Waals surface area contributed by atoms with Crippen molar-refractivity contribution in [3.63, 3.8) is 0 Å². The second-order valence-electron chi connectivity index (χ2n) is 6.80. The summed E-state index contributed by atoms with van der Waals surface area (Å²) < 4.78 is 16.6. The van der Waals surface area contributed by atoms with E-state index < -0.39 is 0 Å². The maximum Gasteiger partial charge on any atom is 0.265 e. The lowest BCUT2D eigenvalue weighted by molar-refractivity contribution is -0.121. The number of aromatic nitrogens is 2. The molecule has 0 bridgehead atoms. The zero-order chi connectivity index (χ0) is 19.8. The fraction of sp³-hybridized carbons (Fsp3) is 0.286. The predicted octanol–water partition coefficient (Wildman–Crippen LogP) is 3.60. The molecule has 0 unspecified atom stereocenters. The third kappa shape index (κ3) is 3.09. The monoisotopic (exact) mass is 379 g/mol. The van der Waals surface area contributed by atoms with E-state index in [1.807, 2.05) is 45.0 Å². The molecule has 1 aliphatic rings. The van der Waals surface area contributed by atoms with Crippen molar-refractivity contribution >= 4 is 11.6 Å². The van der Waals surface area contributed by atoms with Crippen LogP contribution in [0.15, 0.2) is 35.0 Å². The van der Waals surface area contributed by atoms with Gasteiger partial charge in [-0.3, -0.25) is 9.78 Å². The Bertz CT molecular complexity index is 1020. The summed E-state index contributed by atoms with van der Waals surface area (Å²) in [6.07, 6.45) is 1.78. The van der Waals surface area contributed by atoms with E-state index in [1.54, 1.807) is 18.2 Å². The van der Waals surface area contributed by atoms with Crippen LogP contribution in [0.1, 0.15) is 22.7 Å². The van der Waals surface area contributed by atoms with Gasteiger partial charge in [0, 0.05) is 23.5 Å². The van der Waals surface area contributed by atoms with Crippen LogP contribution >= 0.6 is 0 Å². The number of ether oxygens (including phenoxy) is 2. The van der Waals surface area contributed by atoms with Gasteiger partial charge in [0.15, 0.2) is 6.61 Å². The van der Waals surface area contributed by atoms with Crippen LogP contribution in [0.25, 0.3) is 11.1 Å². The number of pyridine rings is 1. The zero-order valence-corrected chi connectivity index (χ0v) is 16.3. The predicted molar refractivity (Wildman–Crippen MR) is 104 cm³/mol. The van der Waals surface area contributed by atoms with Crippen LogP contribution < -0.4 is 14.4 Å². The number of carbonyl (C=O) groups is 1. The van der Waals surface area contributed by atoms with Crippen LogP contribution in [-0.2, 0) is 11.3 Å². The van der Waals surface area contributed by atoms with Gasteiger partial charge in [-0.15, -0.1) is 0 Å². The third-order valence-corrected chi connectivity index (χ3v) is 4.84. The highest BCUT2D eigenvalue weighted by Gasteiger charge is 2.29. The summed E-state index contributed by atoms with van der Waals surface area (Å²) in [5, 5.41) is 4.03. The van der Waals surface area contributed by atoms with E-state index in [-0.39, 0.29) is 12.5 Å². The minimum Gasteiger partial charge on any atom is -0.496 e. The summed E-state index contributed by atoms with van der Waals surface area (Å²) in [5.74, 6) is 1.83. The molecule has 1 amide bonds. The summed E-state index contributed by atoms with van der Waals surface area (Å²) in [6.45, 7) is 6.07. The first kappa shape index (κ1) is 18.0. The van der Waals surface area contributed by atoms with Crippen molar-refractivity contribution in [2.75, 3.05) is 18.6 Å². The number of methoxy groups -OCH3 is 1. The summed E-state index contributed by atoms with van der Waals surface area (Å²) in [7, 11) is 1.60. The molecular formula is C21H21N3O4. The van der Waals surface area contributed by atoms with Crippen LogP contribution in [0.4, 0.5) is 5.69 Å². The molecule has 0 saturated heterocycles. The highest BCUT2D eigenvalue weighted by atomic mass is 16.5. The Labute approximate surface area is 162 Å². The molecule has 0 radical (unpaired) electrons. The van der Waals surface area contributed by atoms with Gasteiger partial charge in [0.05, 0.1) is 30.6 Å². The maximum absolute atomic E-state index is 12.6. The van der Waals surface area contributed by atoms with Gasteiger partial charge >= 0.3 is 0 Å². The quantitative estimate of drug-likeness (QED) is 0.689. The minimum absolute atomic E-state index is 0.0142. The van der Waals surface area contributed by atoms with E-state index in [4.69, 9.17) is 14.0 Å². The summed E-state index contributed by atoms with van der Waals surface area (Å²) in [5.41, 5.74) is 5.01. The Morgan fingerprint density at radius 2 is 2.04 bits per heavy atom. The van der Waals surface area contributed by atoms with Crippen molar-refractivity contribution in [2.45, 2.75) is 27.3 Å². The van der Waals surface area contributed by atoms with Crippen molar-refractivity contribution in [1.82, 2.24) is 10.1 Å². The lowest BCUT2D eigenvalue weighted by atomic mass is 10.0. The van der Waals surface area contributed by atoms with Crippen LogP contribution in [0, 0.1) is 20.8 Å². The van der Waals surface area contributed by atoms with Gasteiger partial charge in [0.1, 0.15) is 17.3 Å². The Kier molecular flexibility index (Phi) is 4.50. The third-order valence-electron chi connectivity index (χ3n) is 4.84. The molecule has 3 aromatic rings. The summed E-state index contributed by atoms with van der Waals surface area (Å²) >= 11 is 0. The standard InChI is InChI=1S/C21H21N3O4/c1-12-5-6-15(9-22-12)10-24-17-8-18(26-4)16(7-19(17)27-11-20(24)25)21-13(2)23-28-14(21)3/h5-9H,10-11H2,1-4H3. The molecule has 7 nitrogen and oxygen atoms in total. The first-order valence-corrected chi connectivity index (χ1v) is 8.98. The molecule has 1 aliphatic heterocycles. The lowest BCUT2D eigenvalue weighted by Gasteiger charge is -2.30. The van der Waals surface area contributed by atoms with Gasteiger partial charge in [-0.05, 0) is 38.5 Å². The van der Waals surface area contributed by atoms with Crippen molar-refractivity contribution in [3.8, 4) is 22.6 Å². The molecule has 7 heteroatoms. The van der Waals surface area contributed by atoms with Crippen LogP contribution in [0.5, 0.6) is 11.5 Å². The topological polar surface area (TPSA) is 77.7 Å². The number of benzene rings is 1. The summed E-state index contributed by atoms with van der Waals surface area (Å²) in [4.78, 5) is 18.6. The number of aryl methyl sites for hydroxylation is 3. The van der Waals surface area contributed by atoms with Gasteiger partial charge < -0.3 is 18.9 Å². The van der Waals surface area contributed by atoms with E-state index in [0.29, 0.717) is 29.5 Å². The van der Waals surface area contributed by atoms with E-state index in [1.165, 1.54) is 0 Å². The number of carbonyl (C=O) groups excluding carboxylic acids is 1. The summed E-state index contributed by atoms with van der Waals surface area (Å²) in [6, 6.07) is 7.62. The Balaban J connectivity index is 1.79. The molecule has 0 saturated carbocycles. The lowest BCUT2D eigenvalue weighted by Crippen LogP contribution is -2.38. The first-order chi connectivity index (χ1) is 13.5. The van der Waals surface area contributed by atoms with Crippen molar-refractivity contribution in [3.05, 3.63) is 53.2 Å². The van der Waals surface area contributed by atoms with E-state index >= 15 is 0 Å². The largest absolute Gasteiger partial charge is 0.496 e. The number of nitrogens with zero attached hydrogens (tertiary/aromatic N) is 3. The molecule has 1 aromatic carbocycles. The molecule has 3 heterocycles. The SMILES string of the molecule is COc1cc2c(cc1-c1c(C)noc1C)OCC(=O)N2Cc1ccc(C)nc1. The van der Waals surface area contributed by atoms with Crippen molar-refractivity contribution < 1.29 is 18.8 Å². The van der Waals surface area contributed by atoms with Crippen LogP contribution in [0.2, 0.25) is 0 Å². The molecule has 4 rings (SSSR count). The number of amides is 1. The molecular weight excluding hydrogens is 358 g/mol.